The molecule has 3 heteroatoms. The molecular formula is C15H17ClN2. The second-order valence-corrected chi connectivity index (χ2v) is 4.80. The number of nitrogens with two attached hydrogens (primary N) is 1. The van der Waals surface area contributed by atoms with Crippen molar-refractivity contribution in [2.45, 2.75) is 13.5 Å². The second-order valence-electron chi connectivity index (χ2n) is 4.36. The lowest BCUT2D eigenvalue weighted by Crippen LogP contribution is -2.11. The van der Waals surface area contributed by atoms with Crippen LogP contribution in [0.15, 0.2) is 42.5 Å². The van der Waals surface area contributed by atoms with E-state index < -0.39 is 0 Å². The molecule has 0 heterocycles. The molecule has 94 valence electrons. The fraction of sp³-hybridized carbons (Fsp3) is 0.200. The summed E-state index contributed by atoms with van der Waals surface area (Å²) in [6.45, 7) is 2.65. The van der Waals surface area contributed by atoms with Crippen LogP contribution in [-0.4, -0.2) is 7.05 Å². The standard InChI is InChI=1S/C15H17ClN2/c1-11-3-6-13(16)9-15(11)18(2)14-7-4-12(10-17)5-8-14/h3-9H,10,17H2,1-2H3. The van der Waals surface area contributed by atoms with Crippen LogP contribution in [0.2, 0.25) is 5.02 Å². The summed E-state index contributed by atoms with van der Waals surface area (Å²) in [5, 5.41) is 0.751. The number of hydrogen-bond donors (Lipinski definition) is 1. The lowest BCUT2D eigenvalue weighted by Gasteiger charge is -2.22. The predicted molar refractivity (Wildman–Crippen MR) is 78.6 cm³/mol. The van der Waals surface area contributed by atoms with Crippen molar-refractivity contribution in [1.29, 1.82) is 0 Å². The van der Waals surface area contributed by atoms with E-state index in [0.29, 0.717) is 6.54 Å². The number of benzene rings is 2. The summed E-state index contributed by atoms with van der Waals surface area (Å²) in [7, 11) is 2.04. The molecule has 0 bridgehead atoms. The highest BCUT2D eigenvalue weighted by atomic mass is 35.5. The van der Waals surface area contributed by atoms with Gasteiger partial charge in [-0.15, -0.1) is 0 Å². The molecule has 0 aliphatic heterocycles. The zero-order valence-corrected chi connectivity index (χ0v) is 11.4. The van der Waals surface area contributed by atoms with E-state index >= 15 is 0 Å². The Morgan fingerprint density at radius 2 is 1.78 bits per heavy atom. The van der Waals surface area contributed by atoms with Gasteiger partial charge in [-0.25, -0.2) is 0 Å². The highest BCUT2D eigenvalue weighted by Gasteiger charge is 2.07. The first kappa shape index (κ1) is 12.9. The summed E-state index contributed by atoms with van der Waals surface area (Å²) in [6, 6.07) is 14.2. The maximum atomic E-state index is 6.05. The molecule has 2 N–H and O–H groups in total. The molecule has 0 fully saturated rings. The Morgan fingerprint density at radius 1 is 1.11 bits per heavy atom. The highest BCUT2D eigenvalue weighted by molar-refractivity contribution is 6.30. The molecule has 0 atom stereocenters. The Kier molecular flexibility index (Phi) is 3.90. The fourth-order valence-electron chi connectivity index (χ4n) is 1.94. The number of anilines is 2. The average Bonchev–Trinajstić information content (AvgIpc) is 2.41. The van der Waals surface area contributed by atoms with E-state index in [1.54, 1.807) is 0 Å². The maximum absolute atomic E-state index is 6.05. The predicted octanol–water partition coefficient (Wildman–Crippen LogP) is 3.88. The number of halogens is 1. The summed E-state index contributed by atoms with van der Waals surface area (Å²) >= 11 is 6.05. The van der Waals surface area contributed by atoms with Crippen LogP contribution < -0.4 is 10.6 Å². The lowest BCUT2D eigenvalue weighted by molar-refractivity contribution is 1.07. The van der Waals surface area contributed by atoms with Crippen molar-refractivity contribution in [2.24, 2.45) is 5.73 Å². The van der Waals surface area contributed by atoms with Gasteiger partial charge in [0.25, 0.3) is 0 Å². The third-order valence-corrected chi connectivity index (χ3v) is 3.33. The minimum absolute atomic E-state index is 0.570. The smallest absolute Gasteiger partial charge is 0.0452 e. The van der Waals surface area contributed by atoms with Crippen LogP contribution >= 0.6 is 11.6 Å². The molecule has 0 radical (unpaired) electrons. The minimum atomic E-state index is 0.570. The monoisotopic (exact) mass is 260 g/mol. The molecule has 0 unspecified atom stereocenters. The fourth-order valence-corrected chi connectivity index (χ4v) is 2.10. The van der Waals surface area contributed by atoms with Crippen molar-refractivity contribution >= 4 is 23.0 Å². The average molecular weight is 261 g/mol. The van der Waals surface area contributed by atoms with E-state index in [4.69, 9.17) is 17.3 Å². The molecule has 0 amide bonds. The highest BCUT2D eigenvalue weighted by Crippen LogP contribution is 2.29. The minimum Gasteiger partial charge on any atom is -0.344 e. The van der Waals surface area contributed by atoms with Crippen LogP contribution in [-0.2, 0) is 6.54 Å². The van der Waals surface area contributed by atoms with Crippen LogP contribution in [0.4, 0.5) is 11.4 Å². The summed E-state index contributed by atoms with van der Waals surface area (Å²) in [4.78, 5) is 2.13. The van der Waals surface area contributed by atoms with Crippen molar-refractivity contribution in [3.8, 4) is 0 Å². The Morgan fingerprint density at radius 3 is 2.39 bits per heavy atom. The van der Waals surface area contributed by atoms with E-state index in [9.17, 15) is 0 Å². The topological polar surface area (TPSA) is 29.3 Å². The van der Waals surface area contributed by atoms with Crippen LogP contribution in [0.1, 0.15) is 11.1 Å². The van der Waals surface area contributed by atoms with E-state index in [1.165, 1.54) is 5.56 Å². The van der Waals surface area contributed by atoms with E-state index in [0.717, 1.165) is 22.0 Å². The normalized spacial score (nSPS) is 10.4. The van der Waals surface area contributed by atoms with Gasteiger partial charge in [0, 0.05) is 30.0 Å². The van der Waals surface area contributed by atoms with Crippen LogP contribution in [0.5, 0.6) is 0 Å². The largest absolute Gasteiger partial charge is 0.344 e. The second kappa shape index (κ2) is 5.42. The van der Waals surface area contributed by atoms with Gasteiger partial charge in [-0.3, -0.25) is 0 Å². The zero-order valence-electron chi connectivity index (χ0n) is 10.7. The van der Waals surface area contributed by atoms with Gasteiger partial charge in [0.05, 0.1) is 0 Å². The number of hydrogen-bond acceptors (Lipinski definition) is 2. The number of aryl methyl sites for hydroxylation is 1. The first-order valence-electron chi connectivity index (χ1n) is 5.90. The quantitative estimate of drug-likeness (QED) is 0.908. The van der Waals surface area contributed by atoms with Crippen molar-refractivity contribution in [1.82, 2.24) is 0 Å². The summed E-state index contributed by atoms with van der Waals surface area (Å²) in [5.74, 6) is 0. The molecule has 2 aromatic rings. The Hall–Kier alpha value is -1.51. The van der Waals surface area contributed by atoms with Crippen molar-refractivity contribution in [3.05, 3.63) is 58.6 Å². The van der Waals surface area contributed by atoms with E-state index in [2.05, 4.69) is 24.0 Å². The SMILES string of the molecule is Cc1ccc(Cl)cc1N(C)c1ccc(CN)cc1. The molecule has 0 saturated heterocycles. The molecule has 0 spiro atoms. The molecule has 0 aliphatic rings. The third kappa shape index (κ3) is 2.66. The first-order valence-corrected chi connectivity index (χ1v) is 6.28. The van der Waals surface area contributed by atoms with E-state index in [-0.39, 0.29) is 0 Å². The van der Waals surface area contributed by atoms with Gasteiger partial charge in [0.2, 0.25) is 0 Å². The molecule has 2 nitrogen and oxygen atoms in total. The molecule has 2 aromatic carbocycles. The molecule has 0 aliphatic carbocycles. The van der Waals surface area contributed by atoms with Gasteiger partial charge < -0.3 is 10.6 Å². The molecule has 0 saturated carbocycles. The van der Waals surface area contributed by atoms with Gasteiger partial charge in [0.15, 0.2) is 0 Å². The molecule has 2 rings (SSSR count). The van der Waals surface area contributed by atoms with E-state index in [1.807, 2.05) is 37.4 Å². The van der Waals surface area contributed by atoms with Gasteiger partial charge >= 0.3 is 0 Å². The lowest BCUT2D eigenvalue weighted by atomic mass is 10.1. The molecular weight excluding hydrogens is 244 g/mol. The Labute approximate surface area is 113 Å². The molecule has 0 aromatic heterocycles. The summed E-state index contributed by atoms with van der Waals surface area (Å²) in [5.41, 5.74) is 10.2. The summed E-state index contributed by atoms with van der Waals surface area (Å²) < 4.78 is 0. The van der Waals surface area contributed by atoms with Crippen LogP contribution in [0, 0.1) is 6.92 Å². The van der Waals surface area contributed by atoms with Crippen LogP contribution in [0.25, 0.3) is 0 Å². The Balaban J connectivity index is 2.34. The van der Waals surface area contributed by atoms with Crippen LogP contribution in [0.3, 0.4) is 0 Å². The van der Waals surface area contributed by atoms with Gasteiger partial charge in [-0.1, -0.05) is 29.8 Å². The van der Waals surface area contributed by atoms with Crippen molar-refractivity contribution < 1.29 is 0 Å². The van der Waals surface area contributed by atoms with Gasteiger partial charge in [-0.05, 0) is 42.3 Å². The number of rotatable bonds is 3. The zero-order chi connectivity index (χ0) is 13.1. The van der Waals surface area contributed by atoms with Gasteiger partial charge in [0.1, 0.15) is 0 Å². The molecule has 18 heavy (non-hydrogen) atoms. The van der Waals surface area contributed by atoms with Crippen molar-refractivity contribution in [3.63, 3.8) is 0 Å². The third-order valence-electron chi connectivity index (χ3n) is 3.09. The number of nitrogens with zero attached hydrogens (tertiary/aromatic N) is 1. The first-order chi connectivity index (χ1) is 8.61. The summed E-state index contributed by atoms with van der Waals surface area (Å²) in [6.07, 6.45) is 0. The maximum Gasteiger partial charge on any atom is 0.0452 e. The Bertz CT molecular complexity index is 535. The van der Waals surface area contributed by atoms with Gasteiger partial charge in [-0.2, -0.15) is 0 Å². The van der Waals surface area contributed by atoms with Crippen molar-refractivity contribution in [2.75, 3.05) is 11.9 Å².